The zero-order valence-electron chi connectivity index (χ0n) is 22.0. The maximum Gasteiger partial charge on any atom is 0.223 e. The summed E-state index contributed by atoms with van der Waals surface area (Å²) >= 11 is 0. The Morgan fingerprint density at radius 2 is 2.05 bits per heavy atom. The largest absolute Gasteiger partial charge is 0.493 e. The molecular formula is C28H30FN7O4. The van der Waals surface area contributed by atoms with Gasteiger partial charge in [0.1, 0.15) is 18.0 Å². The molecule has 2 aromatic heterocycles. The van der Waals surface area contributed by atoms with Crippen LogP contribution in [0.3, 0.4) is 0 Å². The molecule has 0 radical (unpaired) electrons. The van der Waals surface area contributed by atoms with E-state index in [1.165, 1.54) is 25.6 Å². The zero-order chi connectivity index (χ0) is 28.5. The molecule has 0 spiro atoms. The fourth-order valence-electron chi connectivity index (χ4n) is 4.23. The molecule has 4 rings (SSSR count). The normalized spacial score (nSPS) is 11.0. The van der Waals surface area contributed by atoms with Crippen molar-refractivity contribution in [3.8, 4) is 23.8 Å². The van der Waals surface area contributed by atoms with Gasteiger partial charge in [-0.1, -0.05) is 12.0 Å². The molecule has 4 N–H and O–H groups in total. The number of carbonyl (C=O) groups excluding carboxylic acids is 1. The summed E-state index contributed by atoms with van der Waals surface area (Å²) in [6, 6.07) is 11.1. The SMILES string of the molecule is C#CCN(CCO)CCCOc1cc2ncnc(N(c3cccc(F)c3)c3cc(CC(N)=O)[nH]n3)c2cc1OC. The van der Waals surface area contributed by atoms with Crippen molar-refractivity contribution >= 4 is 34.1 Å². The molecule has 0 aliphatic carbocycles. The lowest BCUT2D eigenvalue weighted by Crippen LogP contribution is -2.29. The van der Waals surface area contributed by atoms with Gasteiger partial charge < -0.3 is 20.3 Å². The van der Waals surface area contributed by atoms with Crippen molar-refractivity contribution in [1.82, 2.24) is 25.1 Å². The second-order valence-electron chi connectivity index (χ2n) is 8.83. The van der Waals surface area contributed by atoms with Crippen molar-refractivity contribution in [2.75, 3.05) is 44.9 Å². The van der Waals surface area contributed by atoms with Crippen molar-refractivity contribution in [3.63, 3.8) is 0 Å². The number of terminal acetylenes is 1. The van der Waals surface area contributed by atoms with Gasteiger partial charge in [-0.3, -0.25) is 19.7 Å². The quantitative estimate of drug-likeness (QED) is 0.160. The number of H-pyrrole nitrogens is 1. The molecule has 0 atom stereocenters. The zero-order valence-corrected chi connectivity index (χ0v) is 22.0. The molecular weight excluding hydrogens is 517 g/mol. The van der Waals surface area contributed by atoms with Gasteiger partial charge >= 0.3 is 0 Å². The molecule has 0 bridgehead atoms. The van der Waals surface area contributed by atoms with Crippen molar-refractivity contribution in [2.24, 2.45) is 5.73 Å². The fraction of sp³-hybridized carbons (Fsp3) is 0.286. The van der Waals surface area contributed by atoms with Crippen molar-refractivity contribution in [3.05, 3.63) is 60.3 Å². The third-order valence-electron chi connectivity index (χ3n) is 6.00. The molecule has 0 aliphatic heterocycles. The minimum absolute atomic E-state index is 0.0282. The lowest BCUT2D eigenvalue weighted by atomic mass is 10.1. The van der Waals surface area contributed by atoms with E-state index in [0.717, 1.165) is 0 Å². The maximum absolute atomic E-state index is 14.3. The minimum Gasteiger partial charge on any atom is -0.493 e. The molecule has 0 unspecified atom stereocenters. The van der Waals surface area contributed by atoms with Crippen LogP contribution in [0.4, 0.5) is 21.7 Å². The number of methoxy groups -OCH3 is 1. The van der Waals surface area contributed by atoms with Crippen LogP contribution in [0.2, 0.25) is 0 Å². The predicted molar refractivity (Wildman–Crippen MR) is 148 cm³/mol. The molecule has 208 valence electrons. The van der Waals surface area contributed by atoms with E-state index in [4.69, 9.17) is 21.6 Å². The van der Waals surface area contributed by atoms with Gasteiger partial charge in [0.05, 0.1) is 44.5 Å². The Balaban J connectivity index is 1.68. The number of fused-ring (bicyclic) bond motifs is 1. The monoisotopic (exact) mass is 547 g/mol. The Morgan fingerprint density at radius 3 is 2.77 bits per heavy atom. The number of amides is 1. The number of nitrogens with zero attached hydrogens (tertiary/aromatic N) is 5. The Hall–Kier alpha value is -4.73. The smallest absolute Gasteiger partial charge is 0.223 e. The maximum atomic E-state index is 14.3. The number of nitrogens with one attached hydrogen (secondary N) is 1. The summed E-state index contributed by atoms with van der Waals surface area (Å²) in [6.45, 7) is 2.02. The highest BCUT2D eigenvalue weighted by atomic mass is 19.1. The van der Waals surface area contributed by atoms with Gasteiger partial charge in [-0.05, 0) is 30.7 Å². The van der Waals surface area contributed by atoms with Crippen LogP contribution in [-0.4, -0.2) is 76.0 Å². The van der Waals surface area contributed by atoms with Crippen LogP contribution < -0.4 is 20.1 Å². The number of anilines is 3. The number of aromatic nitrogens is 4. The molecule has 12 heteroatoms. The van der Waals surface area contributed by atoms with E-state index in [1.807, 2.05) is 4.90 Å². The van der Waals surface area contributed by atoms with E-state index >= 15 is 0 Å². The van der Waals surface area contributed by atoms with E-state index in [0.29, 0.717) is 78.1 Å². The van der Waals surface area contributed by atoms with Gasteiger partial charge in [-0.25, -0.2) is 14.4 Å². The molecule has 40 heavy (non-hydrogen) atoms. The van der Waals surface area contributed by atoms with Crippen LogP contribution in [-0.2, 0) is 11.2 Å². The second-order valence-corrected chi connectivity index (χ2v) is 8.83. The molecule has 2 heterocycles. The number of primary amides is 1. The minimum atomic E-state index is -0.519. The molecule has 4 aromatic rings. The van der Waals surface area contributed by atoms with Crippen LogP contribution in [0.15, 0.2) is 48.8 Å². The molecule has 0 saturated carbocycles. The summed E-state index contributed by atoms with van der Waals surface area (Å²) < 4.78 is 25.9. The van der Waals surface area contributed by atoms with Crippen LogP contribution in [0.5, 0.6) is 11.5 Å². The molecule has 1 amide bonds. The third-order valence-corrected chi connectivity index (χ3v) is 6.00. The highest BCUT2D eigenvalue weighted by Gasteiger charge is 2.22. The van der Waals surface area contributed by atoms with Crippen LogP contribution in [0.25, 0.3) is 10.9 Å². The first-order valence-electron chi connectivity index (χ1n) is 12.5. The highest BCUT2D eigenvalue weighted by Crippen LogP contribution is 2.40. The first-order chi connectivity index (χ1) is 19.4. The highest BCUT2D eigenvalue weighted by molar-refractivity contribution is 5.96. The Labute approximate surface area is 230 Å². The van der Waals surface area contributed by atoms with Crippen LogP contribution >= 0.6 is 0 Å². The average Bonchev–Trinajstić information content (AvgIpc) is 3.38. The first-order valence-corrected chi connectivity index (χ1v) is 12.5. The van der Waals surface area contributed by atoms with Crippen molar-refractivity contribution in [1.29, 1.82) is 0 Å². The number of ether oxygens (including phenoxy) is 2. The summed E-state index contributed by atoms with van der Waals surface area (Å²) in [5, 5.41) is 16.9. The summed E-state index contributed by atoms with van der Waals surface area (Å²) in [6.07, 6.45) is 7.43. The number of hydrogen-bond acceptors (Lipinski definition) is 9. The molecule has 0 saturated heterocycles. The number of nitrogens with two attached hydrogens (primary N) is 1. The molecule has 0 fully saturated rings. The first kappa shape index (κ1) is 28.3. The van der Waals surface area contributed by atoms with Crippen LogP contribution in [0, 0.1) is 18.2 Å². The van der Waals surface area contributed by atoms with Gasteiger partial charge in [0.15, 0.2) is 17.3 Å². The van der Waals surface area contributed by atoms with E-state index in [-0.39, 0.29) is 13.0 Å². The summed E-state index contributed by atoms with van der Waals surface area (Å²) in [7, 11) is 1.53. The van der Waals surface area contributed by atoms with E-state index in [1.54, 1.807) is 35.2 Å². The standard InChI is InChI=1S/C28H30FN7O4/c1-3-8-35(10-11-37)9-5-12-40-25-17-23-22(16-24(25)39-2)28(32-18-31-23)36(21-7-4-6-19(29)13-21)27-15-20(33-34-27)14-26(30)38/h1,4,6-7,13,15-18,37H,5,8-12,14H2,2H3,(H2,30,38)(H,33,34). The lowest BCUT2D eigenvalue weighted by molar-refractivity contribution is -0.117. The number of hydrogen-bond donors (Lipinski definition) is 3. The summed E-state index contributed by atoms with van der Waals surface area (Å²) in [5.74, 6) is 3.36. The second kappa shape index (κ2) is 13.4. The number of benzene rings is 2. The Morgan fingerprint density at radius 1 is 1.20 bits per heavy atom. The third kappa shape index (κ3) is 6.82. The van der Waals surface area contributed by atoms with Crippen molar-refractivity contribution < 1.29 is 23.8 Å². The summed E-state index contributed by atoms with van der Waals surface area (Å²) in [5.41, 5.74) is 6.85. The summed E-state index contributed by atoms with van der Waals surface area (Å²) in [4.78, 5) is 24.0. The van der Waals surface area contributed by atoms with Gasteiger partial charge in [0.25, 0.3) is 0 Å². The Kier molecular flexibility index (Phi) is 9.45. The molecule has 11 nitrogen and oxygen atoms in total. The van der Waals surface area contributed by atoms with Crippen LogP contribution in [0.1, 0.15) is 12.1 Å². The van der Waals surface area contributed by atoms with Crippen molar-refractivity contribution in [2.45, 2.75) is 12.8 Å². The number of aliphatic hydroxyl groups is 1. The Bertz CT molecular complexity index is 1500. The van der Waals surface area contributed by atoms with Gasteiger partial charge in [0.2, 0.25) is 5.91 Å². The van der Waals surface area contributed by atoms with E-state index in [2.05, 4.69) is 26.1 Å². The number of aliphatic hydroxyl groups excluding tert-OH is 1. The van der Waals surface area contributed by atoms with Gasteiger partial charge in [-0.15, -0.1) is 6.42 Å². The number of halogens is 1. The number of aromatic amines is 1. The van der Waals surface area contributed by atoms with E-state index < -0.39 is 11.7 Å². The van der Waals surface area contributed by atoms with Gasteiger partial charge in [0, 0.05) is 36.3 Å². The predicted octanol–water partition coefficient (Wildman–Crippen LogP) is 2.69. The van der Waals surface area contributed by atoms with E-state index in [9.17, 15) is 14.3 Å². The van der Waals surface area contributed by atoms with Gasteiger partial charge in [-0.2, -0.15) is 5.10 Å². The topological polar surface area (TPSA) is 143 Å². The molecule has 0 aliphatic rings. The molecule has 2 aromatic carbocycles. The lowest BCUT2D eigenvalue weighted by Gasteiger charge is -2.23. The number of rotatable bonds is 14. The average molecular weight is 548 g/mol. The fourth-order valence-corrected chi connectivity index (χ4v) is 4.23. The number of carbonyl (C=O) groups is 1.